The fraction of sp³-hybridized carbons (Fsp3) is 0.364. The van der Waals surface area contributed by atoms with E-state index in [0.29, 0.717) is 13.1 Å². The van der Waals surface area contributed by atoms with Crippen LogP contribution in [0.3, 0.4) is 0 Å². The van der Waals surface area contributed by atoms with Gasteiger partial charge in [0.05, 0.1) is 15.6 Å². The van der Waals surface area contributed by atoms with Gasteiger partial charge in [0.15, 0.2) is 0 Å². The minimum atomic E-state index is -0.623. The van der Waals surface area contributed by atoms with E-state index in [1.807, 2.05) is 0 Å². The van der Waals surface area contributed by atoms with Crippen molar-refractivity contribution in [1.29, 1.82) is 0 Å². The number of hydrogen-bond donors (Lipinski definition) is 0. The summed E-state index contributed by atoms with van der Waals surface area (Å²) in [6, 6.07) is 2.52. The Hall–Kier alpha value is -0.450. The zero-order valence-corrected chi connectivity index (χ0v) is 11.2. The van der Waals surface area contributed by atoms with Gasteiger partial charge in [-0.1, -0.05) is 23.2 Å². The molecule has 0 atom stereocenters. The molecule has 1 aromatic rings. The average molecular weight is 294 g/mol. The van der Waals surface area contributed by atoms with Gasteiger partial charge in [0.2, 0.25) is 0 Å². The number of amides is 1. The third-order valence-electron chi connectivity index (χ3n) is 2.56. The Morgan fingerprint density at radius 1 is 1.29 bits per heavy atom. The van der Waals surface area contributed by atoms with Crippen LogP contribution in [0.1, 0.15) is 10.4 Å². The summed E-state index contributed by atoms with van der Waals surface area (Å²) in [7, 11) is 0. The van der Waals surface area contributed by atoms with Crippen LogP contribution in [0.25, 0.3) is 0 Å². The van der Waals surface area contributed by atoms with E-state index in [-0.39, 0.29) is 21.5 Å². The maximum atomic E-state index is 13.6. The van der Waals surface area contributed by atoms with Crippen molar-refractivity contribution in [2.45, 2.75) is 0 Å². The van der Waals surface area contributed by atoms with Crippen LogP contribution in [0.15, 0.2) is 12.1 Å². The number of hydrogen-bond acceptors (Lipinski definition) is 2. The molecule has 1 aromatic carbocycles. The number of thioether (sulfide) groups is 1. The summed E-state index contributed by atoms with van der Waals surface area (Å²) in [4.78, 5) is 13.7. The normalized spacial score (nSPS) is 16.1. The lowest BCUT2D eigenvalue weighted by atomic mass is 10.2. The van der Waals surface area contributed by atoms with Crippen molar-refractivity contribution in [2.24, 2.45) is 0 Å². The molecule has 1 fully saturated rings. The molecule has 17 heavy (non-hydrogen) atoms. The molecule has 2 rings (SSSR count). The molecule has 0 aliphatic carbocycles. The molecule has 0 N–H and O–H groups in total. The van der Waals surface area contributed by atoms with E-state index in [9.17, 15) is 9.18 Å². The predicted octanol–water partition coefficient (Wildman–Crippen LogP) is 3.32. The zero-order valence-electron chi connectivity index (χ0n) is 8.88. The van der Waals surface area contributed by atoms with E-state index in [1.165, 1.54) is 12.1 Å². The Morgan fingerprint density at radius 3 is 2.59 bits per heavy atom. The summed E-state index contributed by atoms with van der Waals surface area (Å²) in [5.41, 5.74) is -0.119. The Labute approximate surface area is 113 Å². The molecule has 0 spiro atoms. The van der Waals surface area contributed by atoms with Gasteiger partial charge in [-0.25, -0.2) is 4.39 Å². The van der Waals surface area contributed by atoms with Gasteiger partial charge in [-0.05, 0) is 12.1 Å². The molecule has 92 valence electrons. The molecule has 0 bridgehead atoms. The van der Waals surface area contributed by atoms with E-state index in [1.54, 1.807) is 16.7 Å². The number of carbonyl (C=O) groups is 1. The smallest absolute Gasteiger partial charge is 0.258 e. The largest absolute Gasteiger partial charge is 0.337 e. The molecule has 1 aliphatic rings. The highest BCUT2D eigenvalue weighted by molar-refractivity contribution is 7.99. The third-order valence-corrected chi connectivity index (χ3v) is 4.30. The van der Waals surface area contributed by atoms with Gasteiger partial charge in [0.25, 0.3) is 5.91 Å². The molecule has 2 nitrogen and oxygen atoms in total. The van der Waals surface area contributed by atoms with Crippen molar-refractivity contribution in [3.63, 3.8) is 0 Å². The molecule has 0 saturated carbocycles. The first-order chi connectivity index (χ1) is 8.11. The Morgan fingerprint density at radius 2 is 1.94 bits per heavy atom. The van der Waals surface area contributed by atoms with Crippen LogP contribution in [0, 0.1) is 5.82 Å². The first-order valence-corrected chi connectivity index (χ1v) is 7.03. The Balaban J connectivity index is 2.32. The van der Waals surface area contributed by atoms with Crippen molar-refractivity contribution in [3.8, 4) is 0 Å². The van der Waals surface area contributed by atoms with Crippen molar-refractivity contribution in [3.05, 3.63) is 33.6 Å². The van der Waals surface area contributed by atoms with Crippen molar-refractivity contribution in [2.75, 3.05) is 24.6 Å². The summed E-state index contributed by atoms with van der Waals surface area (Å²) in [5, 5.41) is 0.192. The van der Waals surface area contributed by atoms with Crippen LogP contribution >= 0.6 is 35.0 Å². The quantitative estimate of drug-likeness (QED) is 0.741. The van der Waals surface area contributed by atoms with Gasteiger partial charge in [-0.3, -0.25) is 4.79 Å². The van der Waals surface area contributed by atoms with Crippen molar-refractivity contribution in [1.82, 2.24) is 4.90 Å². The monoisotopic (exact) mass is 293 g/mol. The number of nitrogens with zero attached hydrogens (tertiary/aromatic N) is 1. The molecular formula is C11H10Cl2FNOS. The lowest BCUT2D eigenvalue weighted by Gasteiger charge is -2.27. The zero-order chi connectivity index (χ0) is 12.4. The first kappa shape index (κ1) is 13.0. The number of rotatable bonds is 1. The molecule has 0 aromatic heterocycles. The fourth-order valence-corrected chi connectivity index (χ4v) is 2.94. The van der Waals surface area contributed by atoms with Gasteiger partial charge in [-0.15, -0.1) is 0 Å². The highest BCUT2D eigenvalue weighted by Gasteiger charge is 2.24. The Kier molecular flexibility index (Phi) is 4.17. The second-order valence-electron chi connectivity index (χ2n) is 3.62. The van der Waals surface area contributed by atoms with E-state index < -0.39 is 5.82 Å². The van der Waals surface area contributed by atoms with Crippen LogP contribution in [0.5, 0.6) is 0 Å². The molecule has 0 radical (unpaired) electrons. The van der Waals surface area contributed by atoms with Crippen LogP contribution in [-0.4, -0.2) is 35.4 Å². The summed E-state index contributed by atoms with van der Waals surface area (Å²) in [5.74, 6) is 0.731. The highest BCUT2D eigenvalue weighted by Crippen LogP contribution is 2.29. The summed E-state index contributed by atoms with van der Waals surface area (Å²) in [6.07, 6.45) is 0. The van der Waals surface area contributed by atoms with Gasteiger partial charge in [0, 0.05) is 24.6 Å². The molecule has 1 heterocycles. The molecular weight excluding hydrogens is 284 g/mol. The number of halogens is 3. The van der Waals surface area contributed by atoms with E-state index in [4.69, 9.17) is 23.2 Å². The standard InChI is InChI=1S/C11H10Cl2FNOS/c12-7-1-2-8(14)9(10(7)13)11(16)15-3-5-17-6-4-15/h1-2H,3-6H2. The minimum absolute atomic E-state index is 0.00473. The Bertz CT molecular complexity index is 449. The fourth-order valence-electron chi connectivity index (χ4n) is 1.65. The van der Waals surface area contributed by atoms with E-state index in [0.717, 1.165) is 11.5 Å². The lowest BCUT2D eigenvalue weighted by Crippen LogP contribution is -2.38. The SMILES string of the molecule is O=C(c1c(F)ccc(Cl)c1Cl)N1CCSCC1. The second kappa shape index (κ2) is 5.46. The molecule has 6 heteroatoms. The van der Waals surface area contributed by atoms with Gasteiger partial charge in [0.1, 0.15) is 5.82 Å². The minimum Gasteiger partial charge on any atom is -0.337 e. The highest BCUT2D eigenvalue weighted by atomic mass is 35.5. The van der Waals surface area contributed by atoms with Crippen molar-refractivity contribution < 1.29 is 9.18 Å². The van der Waals surface area contributed by atoms with Gasteiger partial charge >= 0.3 is 0 Å². The lowest BCUT2D eigenvalue weighted by molar-refractivity contribution is 0.0768. The van der Waals surface area contributed by atoms with Crippen LogP contribution in [0.4, 0.5) is 4.39 Å². The average Bonchev–Trinajstić information content (AvgIpc) is 2.35. The maximum absolute atomic E-state index is 13.6. The topological polar surface area (TPSA) is 20.3 Å². The van der Waals surface area contributed by atoms with Gasteiger partial charge in [-0.2, -0.15) is 11.8 Å². The summed E-state index contributed by atoms with van der Waals surface area (Å²) < 4.78 is 13.6. The maximum Gasteiger partial charge on any atom is 0.258 e. The molecule has 1 saturated heterocycles. The van der Waals surface area contributed by atoms with E-state index >= 15 is 0 Å². The van der Waals surface area contributed by atoms with Crippen LogP contribution in [0.2, 0.25) is 10.0 Å². The number of carbonyl (C=O) groups excluding carboxylic acids is 1. The second-order valence-corrected chi connectivity index (χ2v) is 5.63. The van der Waals surface area contributed by atoms with Crippen LogP contribution < -0.4 is 0 Å². The third kappa shape index (κ3) is 2.69. The molecule has 1 amide bonds. The predicted molar refractivity (Wildman–Crippen MR) is 69.6 cm³/mol. The van der Waals surface area contributed by atoms with Gasteiger partial charge < -0.3 is 4.90 Å². The number of benzene rings is 1. The molecule has 1 aliphatic heterocycles. The molecule has 0 unspecified atom stereocenters. The summed E-state index contributed by atoms with van der Waals surface area (Å²) >= 11 is 13.5. The summed E-state index contributed by atoms with van der Waals surface area (Å²) in [6.45, 7) is 1.23. The van der Waals surface area contributed by atoms with Crippen molar-refractivity contribution >= 4 is 40.9 Å². The van der Waals surface area contributed by atoms with E-state index in [2.05, 4.69) is 0 Å². The van der Waals surface area contributed by atoms with Crippen LogP contribution in [-0.2, 0) is 0 Å². The first-order valence-electron chi connectivity index (χ1n) is 5.12.